The molecule has 4 rings (SSSR count). The molecule has 8 nitrogen and oxygen atoms in total. The fraction of sp³-hybridized carbons (Fsp3) is 0.375. The van der Waals surface area contributed by atoms with Gasteiger partial charge in [-0.2, -0.15) is 13.2 Å². The van der Waals surface area contributed by atoms with E-state index in [0.717, 1.165) is 12.0 Å². The zero-order chi connectivity index (χ0) is 26.6. The first-order valence-corrected chi connectivity index (χ1v) is 13.7. The fourth-order valence-corrected chi connectivity index (χ4v) is 5.93. The van der Waals surface area contributed by atoms with E-state index >= 15 is 0 Å². The summed E-state index contributed by atoms with van der Waals surface area (Å²) in [6, 6.07) is 11.0. The van der Waals surface area contributed by atoms with Gasteiger partial charge in [-0.1, -0.05) is 12.1 Å². The van der Waals surface area contributed by atoms with Gasteiger partial charge in [0.25, 0.3) is 10.0 Å². The smallest absolute Gasteiger partial charge is 0.446 e. The monoisotopic (exact) mass is 553 g/mol. The number of thioether (sulfide) groups is 1. The maximum atomic E-state index is 12.8. The SMILES string of the molecule is CN(C)[C@H]1C[C@@H](c2cccc(SC(F)(F)F)c2)CC[C@@H]1Oc1ccc(S(=O)(=O)Nc2ccncn2)cn1. The van der Waals surface area contributed by atoms with Crippen LogP contribution in [0.4, 0.5) is 19.0 Å². The van der Waals surface area contributed by atoms with Gasteiger partial charge in [0.15, 0.2) is 0 Å². The minimum Gasteiger partial charge on any atom is -0.473 e. The molecule has 0 amide bonds. The van der Waals surface area contributed by atoms with Crippen molar-refractivity contribution in [1.82, 2.24) is 19.9 Å². The van der Waals surface area contributed by atoms with Crippen molar-refractivity contribution in [2.75, 3.05) is 18.8 Å². The third-order valence-electron chi connectivity index (χ3n) is 6.09. The van der Waals surface area contributed by atoms with Crippen LogP contribution in [0.25, 0.3) is 0 Å². The van der Waals surface area contributed by atoms with E-state index in [1.807, 2.05) is 25.1 Å². The number of pyridine rings is 1. The summed E-state index contributed by atoms with van der Waals surface area (Å²) in [4.78, 5) is 14.0. The van der Waals surface area contributed by atoms with Crippen molar-refractivity contribution in [3.8, 4) is 5.88 Å². The molecule has 0 spiro atoms. The van der Waals surface area contributed by atoms with Gasteiger partial charge in [0.2, 0.25) is 5.88 Å². The molecular weight excluding hydrogens is 527 g/mol. The van der Waals surface area contributed by atoms with Crippen molar-refractivity contribution in [2.45, 2.75) is 52.6 Å². The lowest BCUT2D eigenvalue weighted by molar-refractivity contribution is -0.0328. The molecule has 13 heteroatoms. The van der Waals surface area contributed by atoms with Crippen LogP contribution in [-0.4, -0.2) is 60.0 Å². The number of rotatable bonds is 8. The average molecular weight is 554 g/mol. The molecule has 0 saturated heterocycles. The Bertz CT molecular complexity index is 1290. The molecule has 2 heterocycles. The minimum absolute atomic E-state index is 0.0117. The molecule has 0 aliphatic heterocycles. The second kappa shape index (κ2) is 11.2. The minimum atomic E-state index is -4.33. The largest absolute Gasteiger partial charge is 0.473 e. The summed E-state index contributed by atoms with van der Waals surface area (Å²) < 4.78 is 72.2. The lowest BCUT2D eigenvalue weighted by atomic mass is 9.79. The molecule has 1 aliphatic carbocycles. The summed E-state index contributed by atoms with van der Waals surface area (Å²) in [7, 11) is -0.0155. The molecule has 1 aliphatic rings. The maximum Gasteiger partial charge on any atom is 0.446 e. The van der Waals surface area contributed by atoms with Crippen LogP contribution >= 0.6 is 11.8 Å². The Morgan fingerprint density at radius 3 is 2.57 bits per heavy atom. The van der Waals surface area contributed by atoms with E-state index in [-0.39, 0.29) is 45.4 Å². The van der Waals surface area contributed by atoms with Gasteiger partial charge in [0, 0.05) is 23.2 Å². The molecule has 0 bridgehead atoms. The number of sulfonamides is 1. The van der Waals surface area contributed by atoms with Crippen LogP contribution in [0.2, 0.25) is 0 Å². The first kappa shape index (κ1) is 27.1. The number of anilines is 1. The molecule has 1 fully saturated rings. The van der Waals surface area contributed by atoms with E-state index in [1.165, 1.54) is 43.0 Å². The summed E-state index contributed by atoms with van der Waals surface area (Å²) in [5, 5.41) is 0. The highest BCUT2D eigenvalue weighted by atomic mass is 32.2. The average Bonchev–Trinajstić information content (AvgIpc) is 2.84. The maximum absolute atomic E-state index is 12.8. The van der Waals surface area contributed by atoms with Crippen LogP contribution in [-0.2, 0) is 10.0 Å². The zero-order valence-corrected chi connectivity index (χ0v) is 21.7. The molecule has 0 radical (unpaired) electrons. The number of nitrogens with zero attached hydrogens (tertiary/aromatic N) is 4. The number of nitrogens with one attached hydrogen (secondary N) is 1. The van der Waals surface area contributed by atoms with E-state index in [0.29, 0.717) is 18.7 Å². The second-order valence-electron chi connectivity index (χ2n) is 8.85. The van der Waals surface area contributed by atoms with Crippen LogP contribution in [0.3, 0.4) is 0 Å². The van der Waals surface area contributed by atoms with E-state index in [9.17, 15) is 21.6 Å². The Labute approximate surface area is 217 Å². The van der Waals surface area contributed by atoms with Crippen LogP contribution in [0.1, 0.15) is 30.7 Å². The first-order chi connectivity index (χ1) is 17.5. The van der Waals surface area contributed by atoms with Gasteiger partial charge in [-0.05, 0) is 80.9 Å². The molecule has 37 heavy (non-hydrogen) atoms. The van der Waals surface area contributed by atoms with Gasteiger partial charge in [0.05, 0.1) is 6.20 Å². The lowest BCUT2D eigenvalue weighted by Crippen LogP contribution is -2.46. The molecule has 1 aromatic carbocycles. The quantitative estimate of drug-likeness (QED) is 0.393. The van der Waals surface area contributed by atoms with Crippen molar-refractivity contribution >= 4 is 27.6 Å². The Kier molecular flexibility index (Phi) is 8.24. The van der Waals surface area contributed by atoms with Crippen LogP contribution in [0, 0.1) is 0 Å². The predicted octanol–water partition coefficient (Wildman–Crippen LogP) is 4.93. The third-order valence-corrected chi connectivity index (χ3v) is 8.15. The summed E-state index contributed by atoms with van der Waals surface area (Å²) in [5.41, 5.74) is -3.45. The third kappa shape index (κ3) is 7.33. The van der Waals surface area contributed by atoms with Crippen LogP contribution < -0.4 is 9.46 Å². The van der Waals surface area contributed by atoms with Gasteiger partial charge in [-0.15, -0.1) is 0 Å². The van der Waals surface area contributed by atoms with Crippen molar-refractivity contribution in [1.29, 1.82) is 0 Å². The Balaban J connectivity index is 1.42. The summed E-state index contributed by atoms with van der Waals surface area (Å²) in [6.07, 6.45) is 5.78. The van der Waals surface area contributed by atoms with Crippen LogP contribution in [0.15, 0.2) is 71.0 Å². The molecule has 2 aromatic heterocycles. The van der Waals surface area contributed by atoms with Gasteiger partial charge in [-0.3, -0.25) is 4.72 Å². The number of likely N-dealkylation sites (N-methyl/N-ethyl adjacent to an activating group) is 1. The van der Waals surface area contributed by atoms with E-state index in [1.54, 1.807) is 12.1 Å². The Hall–Kier alpha value is -2.90. The van der Waals surface area contributed by atoms with Gasteiger partial charge in [-0.25, -0.2) is 23.4 Å². The van der Waals surface area contributed by atoms with Gasteiger partial charge >= 0.3 is 5.51 Å². The second-order valence-corrected chi connectivity index (χ2v) is 11.7. The number of hydrogen-bond acceptors (Lipinski definition) is 8. The lowest BCUT2D eigenvalue weighted by Gasteiger charge is -2.39. The highest BCUT2D eigenvalue weighted by molar-refractivity contribution is 8.00. The molecule has 1 N–H and O–H groups in total. The molecule has 198 valence electrons. The highest BCUT2D eigenvalue weighted by Crippen LogP contribution is 2.40. The van der Waals surface area contributed by atoms with E-state index in [2.05, 4.69) is 19.7 Å². The highest BCUT2D eigenvalue weighted by Gasteiger charge is 2.35. The standard InChI is InChI=1S/C24H26F3N5O3S2/c1-32(2)20-13-17(16-4-3-5-18(12-16)36-24(25,26)27)6-8-21(20)35-23-9-7-19(14-29-23)37(33,34)31-22-10-11-28-15-30-22/h3-5,7,9-12,14-15,17,20-21H,6,8,13H2,1-2H3,(H,28,30,31)/t17-,20-,21-/m0/s1. The molecule has 0 unspecified atom stereocenters. The number of benzene rings is 1. The normalized spacial score (nSPS) is 20.5. The fourth-order valence-electron chi connectivity index (χ4n) is 4.37. The topological polar surface area (TPSA) is 97.3 Å². The van der Waals surface area contributed by atoms with Crippen molar-refractivity contribution in [3.05, 3.63) is 66.7 Å². The van der Waals surface area contributed by atoms with Crippen LogP contribution in [0.5, 0.6) is 5.88 Å². The van der Waals surface area contributed by atoms with Crippen molar-refractivity contribution < 1.29 is 26.3 Å². The van der Waals surface area contributed by atoms with Crippen molar-refractivity contribution in [3.63, 3.8) is 0 Å². The number of hydrogen-bond donors (Lipinski definition) is 1. The number of halogens is 3. The Morgan fingerprint density at radius 2 is 1.92 bits per heavy atom. The predicted molar refractivity (Wildman–Crippen MR) is 134 cm³/mol. The van der Waals surface area contributed by atoms with E-state index < -0.39 is 15.5 Å². The van der Waals surface area contributed by atoms with Crippen molar-refractivity contribution in [2.24, 2.45) is 0 Å². The number of ether oxygens (including phenoxy) is 1. The Morgan fingerprint density at radius 1 is 1.11 bits per heavy atom. The number of aromatic nitrogens is 3. The summed E-state index contributed by atoms with van der Waals surface area (Å²) in [5.74, 6) is 0.526. The summed E-state index contributed by atoms with van der Waals surface area (Å²) >= 11 is -0.106. The van der Waals surface area contributed by atoms with Gasteiger partial charge < -0.3 is 9.64 Å². The zero-order valence-electron chi connectivity index (χ0n) is 20.1. The molecule has 3 aromatic rings. The first-order valence-electron chi connectivity index (χ1n) is 11.4. The molecular formula is C24H26F3N5O3S2. The summed E-state index contributed by atoms with van der Waals surface area (Å²) in [6.45, 7) is 0. The molecule has 1 saturated carbocycles. The van der Waals surface area contributed by atoms with E-state index in [4.69, 9.17) is 4.74 Å². The molecule has 3 atom stereocenters. The van der Waals surface area contributed by atoms with Gasteiger partial charge in [0.1, 0.15) is 23.1 Å². The number of alkyl halides is 3.